The molecule has 0 bridgehead atoms. The minimum atomic E-state index is -0.227. The fourth-order valence-electron chi connectivity index (χ4n) is 2.57. The highest BCUT2D eigenvalue weighted by atomic mass is 32.1. The molecule has 2 heterocycles. The van der Waals surface area contributed by atoms with Crippen LogP contribution in [0.15, 0.2) is 29.6 Å². The quantitative estimate of drug-likeness (QED) is 0.941. The van der Waals surface area contributed by atoms with Gasteiger partial charge in [0.05, 0.1) is 5.69 Å². The lowest BCUT2D eigenvalue weighted by atomic mass is 10.1. The first-order valence-electron chi connectivity index (χ1n) is 6.79. The number of aliphatic hydroxyl groups excluding tert-OH is 1. The van der Waals surface area contributed by atoms with Crippen molar-refractivity contribution in [2.24, 2.45) is 5.92 Å². The van der Waals surface area contributed by atoms with Crippen molar-refractivity contribution in [1.29, 1.82) is 0 Å². The zero-order valence-corrected chi connectivity index (χ0v) is 11.9. The smallest absolute Gasteiger partial charge is 0.133 e. The lowest BCUT2D eigenvalue weighted by Gasteiger charge is -2.13. The number of nitrogens with zero attached hydrogens (tertiary/aromatic N) is 2. The highest BCUT2D eigenvalue weighted by Gasteiger charge is 2.22. The number of hydrogen-bond donors (Lipinski definition) is 1. The second-order valence-corrected chi connectivity index (χ2v) is 6.05. The molecule has 1 aromatic heterocycles. The molecule has 1 unspecified atom stereocenters. The minimum absolute atomic E-state index is 0.227. The number of benzene rings is 1. The van der Waals surface area contributed by atoms with E-state index in [2.05, 4.69) is 9.88 Å². The van der Waals surface area contributed by atoms with Gasteiger partial charge in [-0.05, 0) is 31.0 Å². The number of aromatic nitrogens is 1. The highest BCUT2D eigenvalue weighted by Crippen LogP contribution is 2.27. The first-order chi connectivity index (χ1) is 9.76. The van der Waals surface area contributed by atoms with E-state index in [-0.39, 0.29) is 12.4 Å². The van der Waals surface area contributed by atoms with E-state index in [4.69, 9.17) is 5.11 Å². The first kappa shape index (κ1) is 13.7. The molecule has 1 aromatic carbocycles. The van der Waals surface area contributed by atoms with Crippen LogP contribution in [0.25, 0.3) is 10.6 Å². The van der Waals surface area contributed by atoms with Crippen LogP contribution in [0, 0.1) is 11.7 Å². The van der Waals surface area contributed by atoms with E-state index in [9.17, 15) is 4.39 Å². The molecule has 1 aliphatic rings. The van der Waals surface area contributed by atoms with Crippen LogP contribution in [0.3, 0.4) is 0 Å². The molecule has 0 saturated carbocycles. The zero-order chi connectivity index (χ0) is 13.9. The lowest BCUT2D eigenvalue weighted by Crippen LogP contribution is -2.21. The molecule has 20 heavy (non-hydrogen) atoms. The van der Waals surface area contributed by atoms with E-state index in [1.807, 2.05) is 11.4 Å². The summed E-state index contributed by atoms with van der Waals surface area (Å²) in [7, 11) is 0. The molecule has 1 saturated heterocycles. The molecule has 0 amide bonds. The molecule has 0 radical (unpaired) electrons. The summed E-state index contributed by atoms with van der Waals surface area (Å²) < 4.78 is 13.7. The molecule has 2 aromatic rings. The maximum atomic E-state index is 13.7. The fourth-order valence-corrected chi connectivity index (χ4v) is 3.41. The van der Waals surface area contributed by atoms with Crippen LogP contribution in [0.5, 0.6) is 0 Å². The van der Waals surface area contributed by atoms with Crippen LogP contribution in [-0.2, 0) is 6.54 Å². The first-order valence-corrected chi connectivity index (χ1v) is 7.66. The molecule has 1 aliphatic heterocycles. The van der Waals surface area contributed by atoms with Gasteiger partial charge < -0.3 is 5.11 Å². The minimum Gasteiger partial charge on any atom is -0.396 e. The highest BCUT2D eigenvalue weighted by molar-refractivity contribution is 7.13. The van der Waals surface area contributed by atoms with Crippen molar-refractivity contribution in [3.05, 3.63) is 41.2 Å². The Morgan fingerprint density at radius 1 is 1.40 bits per heavy atom. The van der Waals surface area contributed by atoms with E-state index in [1.165, 1.54) is 17.4 Å². The summed E-state index contributed by atoms with van der Waals surface area (Å²) >= 11 is 1.48. The van der Waals surface area contributed by atoms with Crippen LogP contribution in [0.4, 0.5) is 4.39 Å². The lowest BCUT2D eigenvalue weighted by molar-refractivity contribution is 0.219. The average molecular weight is 292 g/mol. The summed E-state index contributed by atoms with van der Waals surface area (Å²) in [5.74, 6) is 0.162. The summed E-state index contributed by atoms with van der Waals surface area (Å²) in [5.41, 5.74) is 1.55. The summed E-state index contributed by atoms with van der Waals surface area (Å²) in [6, 6.07) is 6.73. The standard InChI is InChI=1S/C15H17FN2OS/c16-14-4-2-1-3-13(14)15-17-12(10-20-15)8-18-6-5-11(7-18)9-19/h1-4,10-11,19H,5-9H2. The summed E-state index contributed by atoms with van der Waals surface area (Å²) in [5, 5.41) is 11.9. The van der Waals surface area contributed by atoms with E-state index in [1.54, 1.807) is 12.1 Å². The molecule has 3 rings (SSSR count). The van der Waals surface area contributed by atoms with Gasteiger partial charge >= 0.3 is 0 Å². The van der Waals surface area contributed by atoms with Crippen molar-refractivity contribution in [3.63, 3.8) is 0 Å². The molecule has 1 N–H and O–H groups in total. The largest absolute Gasteiger partial charge is 0.396 e. The Morgan fingerprint density at radius 3 is 3.00 bits per heavy atom. The summed E-state index contributed by atoms with van der Waals surface area (Å²) in [6.07, 6.45) is 1.04. The van der Waals surface area contributed by atoms with Crippen molar-refractivity contribution < 1.29 is 9.50 Å². The molecule has 106 valence electrons. The van der Waals surface area contributed by atoms with Gasteiger partial charge in [-0.2, -0.15) is 0 Å². The van der Waals surface area contributed by atoms with Gasteiger partial charge in [-0.1, -0.05) is 12.1 Å². The van der Waals surface area contributed by atoms with Crippen LogP contribution >= 0.6 is 11.3 Å². The van der Waals surface area contributed by atoms with Crippen molar-refractivity contribution in [2.45, 2.75) is 13.0 Å². The van der Waals surface area contributed by atoms with Gasteiger partial charge in [0.15, 0.2) is 0 Å². The van der Waals surface area contributed by atoms with E-state index in [0.717, 1.165) is 36.8 Å². The Hall–Kier alpha value is -1.30. The Kier molecular flexibility index (Phi) is 4.10. The Balaban J connectivity index is 1.70. The van der Waals surface area contributed by atoms with Gasteiger partial charge in [-0.15, -0.1) is 11.3 Å². The number of likely N-dealkylation sites (tertiary alicyclic amines) is 1. The van der Waals surface area contributed by atoms with Crippen molar-refractivity contribution in [3.8, 4) is 10.6 Å². The summed E-state index contributed by atoms with van der Waals surface area (Å²) in [6.45, 7) is 2.95. The van der Waals surface area contributed by atoms with E-state index >= 15 is 0 Å². The second kappa shape index (κ2) is 5.99. The van der Waals surface area contributed by atoms with Crippen LogP contribution in [0.1, 0.15) is 12.1 Å². The third kappa shape index (κ3) is 2.90. The van der Waals surface area contributed by atoms with Gasteiger partial charge in [-0.25, -0.2) is 9.37 Å². The Morgan fingerprint density at radius 2 is 2.25 bits per heavy atom. The van der Waals surface area contributed by atoms with Gasteiger partial charge in [-0.3, -0.25) is 4.90 Å². The number of aliphatic hydroxyl groups is 1. The monoisotopic (exact) mass is 292 g/mol. The maximum absolute atomic E-state index is 13.7. The van der Waals surface area contributed by atoms with Crippen molar-refractivity contribution in [2.75, 3.05) is 19.7 Å². The molecule has 1 fully saturated rings. The van der Waals surface area contributed by atoms with Crippen molar-refractivity contribution in [1.82, 2.24) is 9.88 Å². The van der Waals surface area contributed by atoms with Crippen molar-refractivity contribution >= 4 is 11.3 Å². The van der Waals surface area contributed by atoms with Crippen LogP contribution in [0.2, 0.25) is 0 Å². The molecular formula is C15H17FN2OS. The molecule has 0 aliphatic carbocycles. The third-order valence-electron chi connectivity index (χ3n) is 3.67. The Labute approximate surface area is 121 Å². The zero-order valence-electron chi connectivity index (χ0n) is 11.1. The molecule has 0 spiro atoms. The molecular weight excluding hydrogens is 275 g/mol. The fraction of sp³-hybridized carbons (Fsp3) is 0.400. The topological polar surface area (TPSA) is 36.4 Å². The van der Waals surface area contributed by atoms with Gasteiger partial charge in [0.2, 0.25) is 0 Å². The second-order valence-electron chi connectivity index (χ2n) is 5.20. The summed E-state index contributed by atoms with van der Waals surface area (Å²) in [4.78, 5) is 6.82. The molecule has 3 nitrogen and oxygen atoms in total. The third-order valence-corrected chi connectivity index (χ3v) is 4.59. The number of halogens is 1. The molecule has 1 atom stereocenters. The maximum Gasteiger partial charge on any atom is 0.133 e. The normalized spacial score (nSPS) is 19.6. The Bertz CT molecular complexity index is 587. The van der Waals surface area contributed by atoms with Crippen LogP contribution < -0.4 is 0 Å². The predicted molar refractivity (Wildman–Crippen MR) is 78.0 cm³/mol. The SMILES string of the molecule is OCC1CCN(Cc2csc(-c3ccccc3F)n2)C1. The predicted octanol–water partition coefficient (Wildman–Crippen LogP) is 2.76. The average Bonchev–Trinajstić information content (AvgIpc) is 3.09. The van der Waals surface area contributed by atoms with Gasteiger partial charge in [0.1, 0.15) is 10.8 Å². The number of thiazole rings is 1. The van der Waals surface area contributed by atoms with Crippen LogP contribution in [-0.4, -0.2) is 34.7 Å². The van der Waals surface area contributed by atoms with Gasteiger partial charge in [0, 0.05) is 30.6 Å². The van der Waals surface area contributed by atoms with Gasteiger partial charge in [0.25, 0.3) is 0 Å². The van der Waals surface area contributed by atoms with E-state index < -0.39 is 0 Å². The van der Waals surface area contributed by atoms with E-state index in [0.29, 0.717) is 11.5 Å². The molecule has 5 heteroatoms. The number of hydrogen-bond acceptors (Lipinski definition) is 4. The number of rotatable bonds is 4.